The number of amides is 1. The highest BCUT2D eigenvalue weighted by atomic mass is 32.2. The molecule has 1 aliphatic heterocycles. The van der Waals surface area contributed by atoms with Gasteiger partial charge in [0.05, 0.1) is 11.3 Å². The van der Waals surface area contributed by atoms with Crippen LogP contribution in [0.4, 0.5) is 8.78 Å². The number of benzene rings is 2. The third-order valence-electron chi connectivity index (χ3n) is 5.11. The standard InChI is InChI=1S/C21H25F2N3O3S/c22-18-6-7-19(20(23)16-18)21(27)24-9-15-30(28,29)26-13-11-25(12-14-26)10-8-17-4-2-1-3-5-17/h1-7,16H,8-15H2,(H,24,27). The third-order valence-corrected chi connectivity index (χ3v) is 6.98. The average molecular weight is 438 g/mol. The third kappa shape index (κ3) is 6.07. The minimum Gasteiger partial charge on any atom is -0.351 e. The lowest BCUT2D eigenvalue weighted by atomic mass is 10.1. The molecule has 9 heteroatoms. The van der Waals surface area contributed by atoms with Crippen LogP contribution in [0.3, 0.4) is 0 Å². The van der Waals surface area contributed by atoms with Gasteiger partial charge >= 0.3 is 0 Å². The lowest BCUT2D eigenvalue weighted by Gasteiger charge is -2.34. The van der Waals surface area contributed by atoms with Gasteiger partial charge in [-0.1, -0.05) is 30.3 Å². The fraction of sp³-hybridized carbons (Fsp3) is 0.381. The molecule has 0 aromatic heterocycles. The number of piperazine rings is 1. The van der Waals surface area contributed by atoms with Crippen molar-refractivity contribution in [2.24, 2.45) is 0 Å². The van der Waals surface area contributed by atoms with E-state index in [1.165, 1.54) is 9.87 Å². The molecule has 0 bridgehead atoms. The molecule has 1 heterocycles. The second-order valence-electron chi connectivity index (χ2n) is 7.17. The summed E-state index contributed by atoms with van der Waals surface area (Å²) >= 11 is 0. The van der Waals surface area contributed by atoms with E-state index in [2.05, 4.69) is 22.3 Å². The van der Waals surface area contributed by atoms with E-state index in [1.807, 2.05) is 18.2 Å². The van der Waals surface area contributed by atoms with E-state index in [1.54, 1.807) is 0 Å². The summed E-state index contributed by atoms with van der Waals surface area (Å²) in [6, 6.07) is 12.8. The number of nitrogens with zero attached hydrogens (tertiary/aromatic N) is 2. The molecule has 3 rings (SSSR count). The molecule has 1 N–H and O–H groups in total. The zero-order chi connectivity index (χ0) is 21.6. The van der Waals surface area contributed by atoms with Crippen LogP contribution in [0.1, 0.15) is 15.9 Å². The van der Waals surface area contributed by atoms with Crippen molar-refractivity contribution in [2.75, 3.05) is 45.0 Å². The smallest absolute Gasteiger partial charge is 0.254 e. The Labute approximate surface area is 175 Å². The SMILES string of the molecule is O=C(NCCS(=O)(=O)N1CCN(CCc2ccccc2)CC1)c1ccc(F)cc1F. The fourth-order valence-corrected chi connectivity index (χ4v) is 4.69. The number of nitrogens with one attached hydrogen (secondary N) is 1. The molecule has 0 atom stereocenters. The predicted molar refractivity (Wildman–Crippen MR) is 111 cm³/mol. The summed E-state index contributed by atoms with van der Waals surface area (Å²) in [6.45, 7) is 2.83. The Morgan fingerprint density at radius 1 is 1.00 bits per heavy atom. The van der Waals surface area contributed by atoms with E-state index in [4.69, 9.17) is 0 Å². The molecular weight excluding hydrogens is 412 g/mol. The lowest BCUT2D eigenvalue weighted by Crippen LogP contribution is -2.50. The molecule has 1 amide bonds. The Balaban J connectivity index is 1.42. The van der Waals surface area contributed by atoms with Crippen molar-refractivity contribution < 1.29 is 22.0 Å². The maximum Gasteiger partial charge on any atom is 0.254 e. The largest absolute Gasteiger partial charge is 0.351 e. The lowest BCUT2D eigenvalue weighted by molar-refractivity contribution is 0.0952. The van der Waals surface area contributed by atoms with Crippen LogP contribution < -0.4 is 5.32 Å². The van der Waals surface area contributed by atoms with Gasteiger partial charge in [0, 0.05) is 45.3 Å². The summed E-state index contributed by atoms with van der Waals surface area (Å²) in [7, 11) is -3.53. The Morgan fingerprint density at radius 2 is 1.70 bits per heavy atom. The van der Waals surface area contributed by atoms with Gasteiger partial charge in [-0.15, -0.1) is 0 Å². The van der Waals surface area contributed by atoms with Crippen LogP contribution in [-0.4, -0.2) is 68.6 Å². The van der Waals surface area contributed by atoms with Crippen molar-refractivity contribution in [3.05, 3.63) is 71.3 Å². The zero-order valence-electron chi connectivity index (χ0n) is 16.6. The van der Waals surface area contributed by atoms with Crippen LogP contribution in [0, 0.1) is 11.6 Å². The Hall–Kier alpha value is -2.36. The quantitative estimate of drug-likeness (QED) is 0.685. The molecule has 0 saturated carbocycles. The molecule has 162 valence electrons. The number of rotatable bonds is 8. The number of carbonyl (C=O) groups excluding carboxylic acids is 1. The van der Waals surface area contributed by atoms with Crippen molar-refractivity contribution in [2.45, 2.75) is 6.42 Å². The summed E-state index contributed by atoms with van der Waals surface area (Å²) in [4.78, 5) is 14.2. The molecule has 2 aromatic carbocycles. The molecule has 0 aliphatic carbocycles. The molecule has 0 radical (unpaired) electrons. The van der Waals surface area contributed by atoms with Gasteiger partial charge in [0.1, 0.15) is 11.6 Å². The monoisotopic (exact) mass is 437 g/mol. The van der Waals surface area contributed by atoms with Gasteiger partial charge in [0.2, 0.25) is 10.0 Å². The number of carbonyl (C=O) groups is 1. The van der Waals surface area contributed by atoms with Gasteiger partial charge in [-0.05, 0) is 24.1 Å². The second-order valence-corrected chi connectivity index (χ2v) is 9.26. The van der Waals surface area contributed by atoms with Crippen molar-refractivity contribution in [3.8, 4) is 0 Å². The average Bonchev–Trinajstić information content (AvgIpc) is 2.73. The molecule has 30 heavy (non-hydrogen) atoms. The fourth-order valence-electron chi connectivity index (χ4n) is 3.35. The Morgan fingerprint density at radius 3 is 2.37 bits per heavy atom. The molecule has 1 fully saturated rings. The minimum atomic E-state index is -3.53. The van der Waals surface area contributed by atoms with Gasteiger partial charge in [-0.25, -0.2) is 17.2 Å². The minimum absolute atomic E-state index is 0.147. The first-order valence-corrected chi connectivity index (χ1v) is 11.4. The van der Waals surface area contributed by atoms with Crippen molar-refractivity contribution >= 4 is 15.9 Å². The van der Waals surface area contributed by atoms with Crippen LogP contribution in [0.15, 0.2) is 48.5 Å². The van der Waals surface area contributed by atoms with E-state index in [-0.39, 0.29) is 17.9 Å². The molecule has 1 saturated heterocycles. The Kier molecular flexibility index (Phi) is 7.52. The first-order valence-electron chi connectivity index (χ1n) is 9.82. The van der Waals surface area contributed by atoms with Gasteiger partial charge in [0.25, 0.3) is 5.91 Å². The summed E-state index contributed by atoms with van der Waals surface area (Å²) in [5, 5.41) is 2.38. The van der Waals surface area contributed by atoms with Crippen molar-refractivity contribution in [1.82, 2.24) is 14.5 Å². The van der Waals surface area contributed by atoms with Gasteiger partial charge in [-0.2, -0.15) is 4.31 Å². The van der Waals surface area contributed by atoms with E-state index < -0.39 is 27.6 Å². The van der Waals surface area contributed by atoms with Gasteiger partial charge < -0.3 is 10.2 Å². The molecule has 6 nitrogen and oxygen atoms in total. The zero-order valence-corrected chi connectivity index (χ0v) is 17.4. The van der Waals surface area contributed by atoms with Crippen LogP contribution in [0.5, 0.6) is 0 Å². The highest BCUT2D eigenvalue weighted by Gasteiger charge is 2.26. The molecule has 1 aliphatic rings. The summed E-state index contributed by atoms with van der Waals surface area (Å²) in [5.41, 5.74) is 0.932. The summed E-state index contributed by atoms with van der Waals surface area (Å²) < 4.78 is 53.1. The van der Waals surface area contributed by atoms with E-state index >= 15 is 0 Å². The number of sulfonamides is 1. The Bertz CT molecular complexity index is 963. The maximum atomic E-state index is 13.6. The van der Waals surface area contributed by atoms with Gasteiger partial charge in [-0.3, -0.25) is 4.79 Å². The molecule has 0 spiro atoms. The van der Waals surface area contributed by atoms with Crippen molar-refractivity contribution in [3.63, 3.8) is 0 Å². The number of hydrogen-bond acceptors (Lipinski definition) is 4. The number of hydrogen-bond donors (Lipinski definition) is 1. The normalized spacial score (nSPS) is 15.8. The highest BCUT2D eigenvalue weighted by Crippen LogP contribution is 2.11. The molecule has 2 aromatic rings. The van der Waals surface area contributed by atoms with Crippen LogP contribution in [0.25, 0.3) is 0 Å². The maximum absolute atomic E-state index is 13.6. The van der Waals surface area contributed by atoms with E-state index in [0.29, 0.717) is 32.2 Å². The predicted octanol–water partition coefficient (Wildman–Crippen LogP) is 1.88. The van der Waals surface area contributed by atoms with Crippen LogP contribution >= 0.6 is 0 Å². The topological polar surface area (TPSA) is 69.7 Å². The number of halogens is 2. The molecular formula is C21H25F2N3O3S. The summed E-state index contributed by atoms with van der Waals surface area (Å²) in [5.74, 6) is -2.81. The summed E-state index contributed by atoms with van der Waals surface area (Å²) in [6.07, 6.45) is 0.916. The molecule has 0 unspecified atom stereocenters. The van der Waals surface area contributed by atoms with E-state index in [9.17, 15) is 22.0 Å². The van der Waals surface area contributed by atoms with Crippen LogP contribution in [-0.2, 0) is 16.4 Å². The highest BCUT2D eigenvalue weighted by molar-refractivity contribution is 7.89. The van der Waals surface area contributed by atoms with Crippen molar-refractivity contribution in [1.29, 1.82) is 0 Å². The second kappa shape index (κ2) is 10.1. The van der Waals surface area contributed by atoms with E-state index in [0.717, 1.165) is 25.1 Å². The first kappa shape index (κ1) is 22.3. The first-order chi connectivity index (χ1) is 14.3. The van der Waals surface area contributed by atoms with Crippen LogP contribution in [0.2, 0.25) is 0 Å². The van der Waals surface area contributed by atoms with Gasteiger partial charge in [0.15, 0.2) is 0 Å².